The van der Waals surface area contributed by atoms with Crippen LogP contribution in [0.25, 0.3) is 0 Å². The van der Waals surface area contributed by atoms with Crippen molar-refractivity contribution in [1.82, 2.24) is 5.32 Å². The largest absolute Gasteiger partial charge is 0.314 e. The standard InChI is InChI=1S/C17H27NS/c1-17(2,3)14-7-9-16(10-8-14)19-13-11-15-6-4-5-12-18-15/h7-10,15,18H,4-6,11-13H2,1-3H3. The first kappa shape index (κ1) is 14.9. The molecule has 1 aromatic carbocycles. The van der Waals surface area contributed by atoms with Gasteiger partial charge in [-0.2, -0.15) is 0 Å². The SMILES string of the molecule is CC(C)(C)c1ccc(SCCC2CCCCN2)cc1. The summed E-state index contributed by atoms with van der Waals surface area (Å²) in [6.45, 7) is 8.02. The van der Waals surface area contributed by atoms with Crippen LogP contribution in [0.4, 0.5) is 0 Å². The van der Waals surface area contributed by atoms with Gasteiger partial charge in [-0.3, -0.25) is 0 Å². The van der Waals surface area contributed by atoms with E-state index < -0.39 is 0 Å². The molecule has 0 amide bonds. The summed E-state index contributed by atoms with van der Waals surface area (Å²) in [7, 11) is 0. The van der Waals surface area contributed by atoms with Crippen molar-refractivity contribution >= 4 is 11.8 Å². The number of benzene rings is 1. The zero-order valence-electron chi connectivity index (χ0n) is 12.5. The summed E-state index contributed by atoms with van der Waals surface area (Å²) < 4.78 is 0. The summed E-state index contributed by atoms with van der Waals surface area (Å²) in [5.41, 5.74) is 1.68. The third-order valence-corrected chi connectivity index (χ3v) is 4.91. The van der Waals surface area contributed by atoms with Crippen LogP contribution < -0.4 is 5.32 Å². The van der Waals surface area contributed by atoms with E-state index in [0.717, 1.165) is 6.04 Å². The quantitative estimate of drug-likeness (QED) is 0.807. The van der Waals surface area contributed by atoms with E-state index in [9.17, 15) is 0 Å². The molecule has 0 bridgehead atoms. The van der Waals surface area contributed by atoms with Gasteiger partial charge in [-0.15, -0.1) is 11.8 Å². The van der Waals surface area contributed by atoms with E-state index in [4.69, 9.17) is 0 Å². The summed E-state index contributed by atoms with van der Waals surface area (Å²) >= 11 is 1.99. The molecule has 0 aliphatic carbocycles. The normalized spacial score (nSPS) is 20.5. The van der Waals surface area contributed by atoms with Crippen molar-refractivity contribution in [1.29, 1.82) is 0 Å². The maximum atomic E-state index is 3.62. The first-order chi connectivity index (χ1) is 9.05. The average Bonchev–Trinajstić information content (AvgIpc) is 2.39. The highest BCUT2D eigenvalue weighted by Gasteiger charge is 2.14. The molecule has 1 fully saturated rings. The first-order valence-corrected chi connectivity index (χ1v) is 8.51. The molecule has 19 heavy (non-hydrogen) atoms. The Morgan fingerprint density at radius 3 is 2.47 bits per heavy atom. The molecule has 2 heteroatoms. The van der Waals surface area contributed by atoms with Crippen LogP contribution in [0.1, 0.15) is 52.0 Å². The van der Waals surface area contributed by atoms with Crippen molar-refractivity contribution < 1.29 is 0 Å². The Labute approximate surface area is 122 Å². The number of hydrogen-bond donors (Lipinski definition) is 1. The van der Waals surface area contributed by atoms with Gasteiger partial charge in [0.05, 0.1) is 0 Å². The molecule has 1 aromatic rings. The number of thioether (sulfide) groups is 1. The summed E-state index contributed by atoms with van der Waals surface area (Å²) in [4.78, 5) is 1.41. The molecule has 106 valence electrons. The molecule has 0 aromatic heterocycles. The fourth-order valence-electron chi connectivity index (χ4n) is 2.54. The topological polar surface area (TPSA) is 12.0 Å². The molecule has 1 aliphatic heterocycles. The molecule has 0 saturated carbocycles. The number of nitrogens with one attached hydrogen (secondary N) is 1. The lowest BCUT2D eigenvalue weighted by Gasteiger charge is -2.23. The molecule has 1 N–H and O–H groups in total. The van der Waals surface area contributed by atoms with Gasteiger partial charge >= 0.3 is 0 Å². The Kier molecular flexibility index (Phi) is 5.35. The van der Waals surface area contributed by atoms with Gasteiger partial charge in [0.25, 0.3) is 0 Å². The Morgan fingerprint density at radius 2 is 1.89 bits per heavy atom. The zero-order valence-corrected chi connectivity index (χ0v) is 13.4. The van der Waals surface area contributed by atoms with Crippen molar-refractivity contribution in [3.63, 3.8) is 0 Å². The molecule has 1 heterocycles. The Hall–Kier alpha value is -0.470. The lowest BCUT2D eigenvalue weighted by atomic mass is 9.87. The second-order valence-corrected chi connectivity index (χ2v) is 7.73. The smallest absolute Gasteiger partial charge is 0.00750 e. The van der Waals surface area contributed by atoms with E-state index in [1.165, 1.54) is 48.4 Å². The summed E-state index contributed by atoms with van der Waals surface area (Å²) in [5.74, 6) is 1.23. The van der Waals surface area contributed by atoms with Crippen LogP contribution in [0, 0.1) is 0 Å². The highest BCUT2D eigenvalue weighted by molar-refractivity contribution is 7.99. The van der Waals surface area contributed by atoms with Crippen LogP contribution >= 0.6 is 11.8 Å². The molecule has 0 spiro atoms. The van der Waals surface area contributed by atoms with Gasteiger partial charge in [-0.25, -0.2) is 0 Å². The second kappa shape index (κ2) is 6.81. The van der Waals surface area contributed by atoms with E-state index in [-0.39, 0.29) is 5.41 Å². The average molecular weight is 277 g/mol. The fourth-order valence-corrected chi connectivity index (χ4v) is 3.51. The molecular weight excluding hydrogens is 250 g/mol. The minimum Gasteiger partial charge on any atom is -0.314 e. The highest BCUT2D eigenvalue weighted by Crippen LogP contribution is 2.26. The molecule has 1 aliphatic rings. The first-order valence-electron chi connectivity index (χ1n) is 7.52. The monoisotopic (exact) mass is 277 g/mol. The predicted molar refractivity (Wildman–Crippen MR) is 86.1 cm³/mol. The van der Waals surface area contributed by atoms with Crippen molar-refractivity contribution in [2.45, 2.75) is 62.8 Å². The lowest BCUT2D eigenvalue weighted by Crippen LogP contribution is -2.34. The van der Waals surface area contributed by atoms with Crippen molar-refractivity contribution in [3.05, 3.63) is 29.8 Å². The van der Waals surface area contributed by atoms with E-state index in [1.54, 1.807) is 0 Å². The van der Waals surface area contributed by atoms with Gasteiger partial charge in [0, 0.05) is 10.9 Å². The van der Waals surface area contributed by atoms with Gasteiger partial charge in [-0.1, -0.05) is 39.3 Å². The van der Waals surface area contributed by atoms with Crippen LogP contribution in [0.3, 0.4) is 0 Å². The Morgan fingerprint density at radius 1 is 1.16 bits per heavy atom. The van der Waals surface area contributed by atoms with Gasteiger partial charge in [-0.05, 0) is 54.7 Å². The van der Waals surface area contributed by atoms with Gasteiger partial charge in [0.2, 0.25) is 0 Å². The number of rotatable bonds is 4. The summed E-state index contributed by atoms with van der Waals surface area (Å²) in [5, 5.41) is 3.62. The molecule has 0 radical (unpaired) electrons. The van der Waals surface area contributed by atoms with Crippen LogP contribution in [0.5, 0.6) is 0 Å². The minimum atomic E-state index is 0.259. The number of piperidine rings is 1. The van der Waals surface area contributed by atoms with Crippen molar-refractivity contribution in [3.8, 4) is 0 Å². The van der Waals surface area contributed by atoms with E-state index in [0.29, 0.717) is 0 Å². The number of hydrogen-bond acceptors (Lipinski definition) is 2. The molecule has 1 saturated heterocycles. The second-order valence-electron chi connectivity index (χ2n) is 6.56. The maximum Gasteiger partial charge on any atom is 0.00750 e. The van der Waals surface area contributed by atoms with E-state index >= 15 is 0 Å². The minimum absolute atomic E-state index is 0.259. The Bertz CT molecular complexity index is 371. The van der Waals surface area contributed by atoms with Crippen LogP contribution in [-0.2, 0) is 5.41 Å². The molecule has 1 nitrogen and oxygen atoms in total. The third-order valence-electron chi connectivity index (χ3n) is 3.87. The molecule has 1 unspecified atom stereocenters. The van der Waals surface area contributed by atoms with E-state index in [2.05, 4.69) is 50.4 Å². The van der Waals surface area contributed by atoms with Crippen molar-refractivity contribution in [2.24, 2.45) is 0 Å². The maximum absolute atomic E-state index is 3.62. The van der Waals surface area contributed by atoms with Crippen LogP contribution in [0.15, 0.2) is 29.2 Å². The molecular formula is C17H27NS. The van der Waals surface area contributed by atoms with Gasteiger partial charge in [0.1, 0.15) is 0 Å². The van der Waals surface area contributed by atoms with Gasteiger partial charge in [0.15, 0.2) is 0 Å². The molecule has 1 atom stereocenters. The predicted octanol–water partition coefficient (Wildman–Crippen LogP) is 4.61. The van der Waals surface area contributed by atoms with Crippen LogP contribution in [0.2, 0.25) is 0 Å². The Balaban J connectivity index is 1.76. The van der Waals surface area contributed by atoms with Gasteiger partial charge < -0.3 is 5.32 Å². The highest BCUT2D eigenvalue weighted by atomic mass is 32.2. The van der Waals surface area contributed by atoms with Crippen LogP contribution in [-0.4, -0.2) is 18.3 Å². The fraction of sp³-hybridized carbons (Fsp3) is 0.647. The summed E-state index contributed by atoms with van der Waals surface area (Å²) in [6.07, 6.45) is 5.43. The zero-order chi connectivity index (χ0) is 13.7. The lowest BCUT2D eigenvalue weighted by molar-refractivity contribution is 0.395. The third kappa shape index (κ3) is 4.85. The van der Waals surface area contributed by atoms with E-state index in [1.807, 2.05) is 11.8 Å². The summed E-state index contributed by atoms with van der Waals surface area (Å²) in [6, 6.07) is 9.87. The molecule has 2 rings (SSSR count). The van der Waals surface area contributed by atoms with Crippen molar-refractivity contribution in [2.75, 3.05) is 12.3 Å².